The van der Waals surface area contributed by atoms with E-state index in [-0.39, 0.29) is 11.6 Å². The molecule has 2 aromatic rings. The molecule has 1 aromatic heterocycles. The van der Waals surface area contributed by atoms with Gasteiger partial charge in [-0.05, 0) is 37.1 Å². The van der Waals surface area contributed by atoms with Gasteiger partial charge in [-0.15, -0.1) is 0 Å². The van der Waals surface area contributed by atoms with E-state index < -0.39 is 11.6 Å². The van der Waals surface area contributed by atoms with Crippen molar-refractivity contribution in [3.05, 3.63) is 52.1 Å². The first kappa shape index (κ1) is 14.4. The molecule has 1 fully saturated rings. The minimum atomic E-state index is -0.495. The molecule has 0 bridgehead atoms. The minimum absolute atomic E-state index is 0.0520. The Morgan fingerprint density at radius 3 is 2.86 bits per heavy atom. The Kier molecular flexibility index (Phi) is 4.17. The van der Waals surface area contributed by atoms with Crippen LogP contribution in [0.25, 0.3) is 0 Å². The molecule has 1 aromatic carbocycles. The number of benzene rings is 1. The van der Waals surface area contributed by atoms with Crippen LogP contribution in [-0.4, -0.2) is 11.0 Å². The quantitative estimate of drug-likeness (QED) is 0.874. The number of ether oxygens (including phenoxy) is 1. The molecular formula is C15H13BrF2N2O. The second kappa shape index (κ2) is 6.07. The predicted octanol–water partition coefficient (Wildman–Crippen LogP) is 4.17. The van der Waals surface area contributed by atoms with Crippen LogP contribution in [0.3, 0.4) is 0 Å². The number of aromatic nitrogens is 1. The number of nitrogens with zero attached hydrogens (tertiary/aromatic N) is 1. The van der Waals surface area contributed by atoms with Crippen molar-refractivity contribution in [2.75, 3.05) is 0 Å². The minimum Gasteiger partial charge on any atom is -0.436 e. The van der Waals surface area contributed by atoms with Gasteiger partial charge in [-0.1, -0.05) is 15.9 Å². The average molecular weight is 355 g/mol. The van der Waals surface area contributed by atoms with E-state index in [0.29, 0.717) is 22.6 Å². The summed E-state index contributed by atoms with van der Waals surface area (Å²) in [5, 5.41) is 3.26. The van der Waals surface area contributed by atoms with Crippen molar-refractivity contribution in [2.24, 2.45) is 0 Å². The van der Waals surface area contributed by atoms with Crippen LogP contribution < -0.4 is 10.1 Å². The average Bonchev–Trinajstić information content (AvgIpc) is 3.27. The second-order valence-corrected chi connectivity index (χ2v) is 5.87. The SMILES string of the molecule is Fc1cnc(Oc2cc(Br)ccc2F)c(CNC2CC2)c1. The van der Waals surface area contributed by atoms with E-state index in [9.17, 15) is 8.78 Å². The van der Waals surface area contributed by atoms with Crippen molar-refractivity contribution in [2.45, 2.75) is 25.4 Å². The lowest BCUT2D eigenvalue weighted by Gasteiger charge is -2.11. The fourth-order valence-electron chi connectivity index (χ4n) is 1.89. The van der Waals surface area contributed by atoms with Gasteiger partial charge >= 0.3 is 0 Å². The summed E-state index contributed by atoms with van der Waals surface area (Å²) < 4.78 is 33.3. The molecule has 21 heavy (non-hydrogen) atoms. The van der Waals surface area contributed by atoms with Crippen LogP contribution in [0.15, 0.2) is 34.9 Å². The molecule has 3 rings (SSSR count). The molecular weight excluding hydrogens is 342 g/mol. The summed E-state index contributed by atoms with van der Waals surface area (Å²) >= 11 is 3.26. The maximum Gasteiger partial charge on any atom is 0.224 e. The molecule has 1 saturated carbocycles. The van der Waals surface area contributed by atoms with Gasteiger partial charge in [0.25, 0.3) is 0 Å². The highest BCUT2D eigenvalue weighted by atomic mass is 79.9. The van der Waals surface area contributed by atoms with E-state index in [1.54, 1.807) is 6.07 Å². The molecule has 1 N–H and O–H groups in total. The van der Waals surface area contributed by atoms with E-state index in [4.69, 9.17) is 4.74 Å². The van der Waals surface area contributed by atoms with Gasteiger partial charge in [0.1, 0.15) is 5.82 Å². The van der Waals surface area contributed by atoms with Crippen LogP contribution in [0, 0.1) is 11.6 Å². The molecule has 0 amide bonds. The highest BCUT2D eigenvalue weighted by molar-refractivity contribution is 9.10. The Labute approximate surface area is 129 Å². The van der Waals surface area contributed by atoms with Crippen molar-refractivity contribution in [1.82, 2.24) is 10.3 Å². The Morgan fingerprint density at radius 2 is 2.10 bits per heavy atom. The molecule has 3 nitrogen and oxygen atoms in total. The van der Waals surface area contributed by atoms with Gasteiger partial charge in [0.2, 0.25) is 5.88 Å². The fourth-order valence-corrected chi connectivity index (χ4v) is 2.23. The van der Waals surface area contributed by atoms with Gasteiger partial charge < -0.3 is 10.1 Å². The van der Waals surface area contributed by atoms with Gasteiger partial charge in [-0.25, -0.2) is 13.8 Å². The third-order valence-electron chi connectivity index (χ3n) is 3.15. The number of hydrogen-bond acceptors (Lipinski definition) is 3. The number of nitrogens with one attached hydrogen (secondary N) is 1. The normalized spacial score (nSPS) is 14.2. The van der Waals surface area contributed by atoms with Crippen molar-refractivity contribution >= 4 is 15.9 Å². The van der Waals surface area contributed by atoms with Crippen molar-refractivity contribution in [3.8, 4) is 11.6 Å². The third kappa shape index (κ3) is 3.77. The number of rotatable bonds is 5. The molecule has 0 saturated heterocycles. The summed E-state index contributed by atoms with van der Waals surface area (Å²) in [5.41, 5.74) is 0.571. The van der Waals surface area contributed by atoms with E-state index in [1.807, 2.05) is 0 Å². The summed E-state index contributed by atoms with van der Waals surface area (Å²) in [6.07, 6.45) is 3.31. The molecule has 0 unspecified atom stereocenters. The van der Waals surface area contributed by atoms with Gasteiger partial charge in [0.15, 0.2) is 11.6 Å². The van der Waals surface area contributed by atoms with Gasteiger partial charge in [0, 0.05) is 22.6 Å². The lowest BCUT2D eigenvalue weighted by atomic mass is 10.2. The first-order chi connectivity index (χ1) is 10.1. The smallest absolute Gasteiger partial charge is 0.224 e. The first-order valence-electron chi connectivity index (χ1n) is 6.62. The molecule has 0 aliphatic heterocycles. The standard InChI is InChI=1S/C15H13BrF2N2O/c16-10-1-4-13(18)14(6-10)21-15-9(5-11(17)8-20-15)7-19-12-2-3-12/h1,4-6,8,12,19H,2-3,7H2. The number of halogens is 3. The Hall–Kier alpha value is -1.53. The van der Waals surface area contributed by atoms with E-state index >= 15 is 0 Å². The molecule has 0 radical (unpaired) electrons. The van der Waals surface area contributed by atoms with Crippen LogP contribution >= 0.6 is 15.9 Å². The summed E-state index contributed by atoms with van der Waals surface area (Å²) in [6, 6.07) is 6.22. The predicted molar refractivity (Wildman–Crippen MR) is 78.2 cm³/mol. The number of hydrogen-bond donors (Lipinski definition) is 1. The van der Waals surface area contributed by atoms with Crippen LogP contribution in [0.1, 0.15) is 18.4 Å². The Bertz CT molecular complexity index is 662. The van der Waals surface area contributed by atoms with Crippen LogP contribution in [0.2, 0.25) is 0 Å². The Morgan fingerprint density at radius 1 is 1.29 bits per heavy atom. The fraction of sp³-hybridized carbons (Fsp3) is 0.267. The largest absolute Gasteiger partial charge is 0.436 e. The summed E-state index contributed by atoms with van der Waals surface area (Å²) in [4.78, 5) is 3.92. The van der Waals surface area contributed by atoms with Crippen molar-refractivity contribution in [3.63, 3.8) is 0 Å². The Balaban J connectivity index is 1.84. The highest BCUT2D eigenvalue weighted by Crippen LogP contribution is 2.29. The maximum atomic E-state index is 13.7. The molecule has 6 heteroatoms. The number of pyridine rings is 1. The second-order valence-electron chi connectivity index (χ2n) is 4.95. The van der Waals surface area contributed by atoms with Crippen LogP contribution in [0.4, 0.5) is 8.78 Å². The first-order valence-corrected chi connectivity index (χ1v) is 7.42. The lowest BCUT2D eigenvalue weighted by Crippen LogP contribution is -2.16. The van der Waals surface area contributed by atoms with Gasteiger partial charge in [0.05, 0.1) is 6.20 Å². The monoisotopic (exact) mass is 354 g/mol. The third-order valence-corrected chi connectivity index (χ3v) is 3.64. The summed E-state index contributed by atoms with van der Waals surface area (Å²) in [6.45, 7) is 0.445. The van der Waals surface area contributed by atoms with Crippen molar-refractivity contribution in [1.29, 1.82) is 0 Å². The molecule has 1 aliphatic carbocycles. The molecule has 110 valence electrons. The lowest BCUT2D eigenvalue weighted by molar-refractivity contribution is 0.417. The summed E-state index contributed by atoms with van der Waals surface area (Å²) in [5.74, 6) is -0.673. The highest BCUT2D eigenvalue weighted by Gasteiger charge is 2.21. The zero-order chi connectivity index (χ0) is 14.8. The molecule has 1 heterocycles. The van der Waals surface area contributed by atoms with Crippen molar-refractivity contribution < 1.29 is 13.5 Å². The van der Waals surface area contributed by atoms with Gasteiger partial charge in [-0.3, -0.25) is 0 Å². The van der Waals surface area contributed by atoms with E-state index in [0.717, 1.165) is 19.0 Å². The molecule has 0 spiro atoms. The van der Waals surface area contributed by atoms with Crippen LogP contribution in [0.5, 0.6) is 11.6 Å². The molecule has 1 aliphatic rings. The van der Waals surface area contributed by atoms with E-state index in [2.05, 4.69) is 26.2 Å². The molecule has 0 atom stereocenters. The van der Waals surface area contributed by atoms with Crippen LogP contribution in [-0.2, 0) is 6.54 Å². The summed E-state index contributed by atoms with van der Waals surface area (Å²) in [7, 11) is 0. The zero-order valence-corrected chi connectivity index (χ0v) is 12.7. The topological polar surface area (TPSA) is 34.1 Å². The maximum absolute atomic E-state index is 13.7. The van der Waals surface area contributed by atoms with Gasteiger partial charge in [-0.2, -0.15) is 0 Å². The zero-order valence-electron chi connectivity index (χ0n) is 11.1. The van der Waals surface area contributed by atoms with E-state index in [1.165, 1.54) is 18.2 Å².